The molecule has 26 heavy (non-hydrogen) atoms. The fraction of sp³-hybridized carbons (Fsp3) is 0.474. The van der Waals surface area contributed by atoms with E-state index in [4.69, 9.17) is 4.74 Å². The van der Waals surface area contributed by atoms with Crippen LogP contribution in [0.4, 0.5) is 13.2 Å². The van der Waals surface area contributed by atoms with Gasteiger partial charge < -0.3 is 9.64 Å². The average molecular weight is 369 g/mol. The Morgan fingerprint density at radius 1 is 1.23 bits per heavy atom. The van der Waals surface area contributed by atoms with Crippen LogP contribution in [-0.4, -0.2) is 35.5 Å². The van der Waals surface area contributed by atoms with Crippen LogP contribution in [-0.2, 0) is 20.5 Å². The molecule has 0 aromatic heterocycles. The van der Waals surface area contributed by atoms with Crippen LogP contribution in [0.3, 0.4) is 0 Å². The highest BCUT2D eigenvalue weighted by Crippen LogP contribution is 2.29. The Morgan fingerprint density at radius 3 is 2.50 bits per heavy atom. The molecule has 1 amide bonds. The third kappa shape index (κ3) is 5.34. The first-order chi connectivity index (χ1) is 12.2. The number of hydrogen-bond acceptors (Lipinski definition) is 3. The maximum Gasteiger partial charge on any atom is 0.416 e. The first-order valence-electron chi connectivity index (χ1n) is 8.51. The summed E-state index contributed by atoms with van der Waals surface area (Å²) in [4.78, 5) is 25.7. The molecule has 4 nitrogen and oxygen atoms in total. The number of rotatable bonds is 4. The van der Waals surface area contributed by atoms with E-state index in [2.05, 4.69) is 0 Å². The lowest BCUT2D eigenvalue weighted by atomic mass is 9.97. The van der Waals surface area contributed by atoms with Gasteiger partial charge in [0.2, 0.25) is 0 Å². The summed E-state index contributed by atoms with van der Waals surface area (Å²) in [7, 11) is 0. The molecule has 0 N–H and O–H groups in total. The minimum atomic E-state index is -4.45. The van der Waals surface area contributed by atoms with E-state index in [9.17, 15) is 22.8 Å². The fourth-order valence-electron chi connectivity index (χ4n) is 3.15. The number of nitrogens with zero attached hydrogens (tertiary/aromatic N) is 1. The van der Waals surface area contributed by atoms with E-state index in [1.807, 2.05) is 13.8 Å². The van der Waals surface area contributed by atoms with Crippen LogP contribution in [0.1, 0.15) is 44.2 Å². The second-order valence-electron chi connectivity index (χ2n) is 6.49. The molecule has 1 heterocycles. The van der Waals surface area contributed by atoms with Crippen molar-refractivity contribution in [3.05, 3.63) is 41.5 Å². The zero-order chi connectivity index (χ0) is 19.3. The van der Waals surface area contributed by atoms with Gasteiger partial charge in [0.25, 0.3) is 5.91 Å². The molecule has 0 saturated carbocycles. The molecule has 2 atom stereocenters. The Morgan fingerprint density at radius 2 is 1.88 bits per heavy atom. The third-order valence-electron chi connectivity index (χ3n) is 4.45. The molecule has 1 aliphatic rings. The van der Waals surface area contributed by atoms with Crippen LogP contribution in [0.25, 0.3) is 6.08 Å². The molecule has 1 aromatic rings. The molecule has 142 valence electrons. The average Bonchev–Trinajstić information content (AvgIpc) is 2.57. The smallest absolute Gasteiger partial charge is 0.416 e. The van der Waals surface area contributed by atoms with Gasteiger partial charge in [-0.05, 0) is 56.9 Å². The zero-order valence-electron chi connectivity index (χ0n) is 14.8. The summed E-state index contributed by atoms with van der Waals surface area (Å²) in [5.74, 6) is -1.03. The molecule has 2 unspecified atom stereocenters. The van der Waals surface area contributed by atoms with E-state index in [0.717, 1.165) is 37.5 Å². The maximum absolute atomic E-state index is 12.7. The number of benzene rings is 1. The van der Waals surface area contributed by atoms with Gasteiger partial charge in [0.05, 0.1) is 5.56 Å². The Balaban J connectivity index is 1.90. The quantitative estimate of drug-likeness (QED) is 0.594. The number of likely N-dealkylation sites (tertiary alicyclic amines) is 1. The van der Waals surface area contributed by atoms with E-state index < -0.39 is 17.7 Å². The van der Waals surface area contributed by atoms with Gasteiger partial charge in [0.1, 0.15) is 0 Å². The van der Waals surface area contributed by atoms with Crippen molar-refractivity contribution >= 4 is 18.0 Å². The number of ether oxygens (including phenoxy) is 1. The molecule has 1 fully saturated rings. The standard InChI is InChI=1S/C19H22F3NO3/c1-13-5-3-6-14(2)23(13)17(24)12-26-18(25)10-9-15-7-4-8-16(11-15)19(20,21)22/h4,7-11,13-14H,3,5-6,12H2,1-2H3. The summed E-state index contributed by atoms with van der Waals surface area (Å²) in [5, 5.41) is 0. The van der Waals surface area contributed by atoms with Crippen molar-refractivity contribution in [2.24, 2.45) is 0 Å². The number of esters is 1. The van der Waals surface area contributed by atoms with Crippen molar-refractivity contribution in [3.63, 3.8) is 0 Å². The molecule has 0 spiro atoms. The van der Waals surface area contributed by atoms with Crippen LogP contribution in [0.5, 0.6) is 0 Å². The molecule has 0 radical (unpaired) electrons. The minimum Gasteiger partial charge on any atom is -0.452 e. The summed E-state index contributed by atoms with van der Waals surface area (Å²) in [6.45, 7) is 3.55. The van der Waals surface area contributed by atoms with E-state index in [1.165, 1.54) is 18.2 Å². The van der Waals surface area contributed by atoms with Crippen molar-refractivity contribution in [3.8, 4) is 0 Å². The molecule has 7 heteroatoms. The normalized spacial score (nSPS) is 21.0. The summed E-state index contributed by atoms with van der Waals surface area (Å²) in [6.07, 6.45) is 0.698. The van der Waals surface area contributed by atoms with Gasteiger partial charge in [-0.15, -0.1) is 0 Å². The van der Waals surface area contributed by atoms with Gasteiger partial charge in [-0.2, -0.15) is 13.2 Å². The van der Waals surface area contributed by atoms with Crippen molar-refractivity contribution in [1.82, 2.24) is 4.90 Å². The first kappa shape index (κ1) is 20.0. The van der Waals surface area contributed by atoms with Crippen molar-refractivity contribution in [2.75, 3.05) is 6.61 Å². The predicted molar refractivity (Wildman–Crippen MR) is 91.1 cm³/mol. The minimum absolute atomic E-state index is 0.102. The summed E-state index contributed by atoms with van der Waals surface area (Å²) >= 11 is 0. The molecule has 2 rings (SSSR count). The first-order valence-corrected chi connectivity index (χ1v) is 8.51. The highest BCUT2D eigenvalue weighted by molar-refractivity contribution is 5.89. The molecule has 0 bridgehead atoms. The monoisotopic (exact) mass is 369 g/mol. The predicted octanol–water partition coefficient (Wildman–Crippen LogP) is 4.05. The highest BCUT2D eigenvalue weighted by atomic mass is 19.4. The molecular weight excluding hydrogens is 347 g/mol. The summed E-state index contributed by atoms with van der Waals surface area (Å²) in [5.41, 5.74) is -0.572. The Kier molecular flexibility index (Phi) is 6.45. The molecule has 1 aromatic carbocycles. The molecule has 1 aliphatic heterocycles. The Bertz CT molecular complexity index is 675. The number of carbonyl (C=O) groups excluding carboxylic acids is 2. The lowest BCUT2D eigenvalue weighted by molar-refractivity contribution is -0.151. The number of hydrogen-bond donors (Lipinski definition) is 0. The SMILES string of the molecule is CC1CCCC(C)N1C(=O)COC(=O)C=Cc1cccc(C(F)(F)F)c1. The van der Waals surface area contributed by atoms with Crippen molar-refractivity contribution in [2.45, 2.75) is 51.4 Å². The van der Waals surface area contributed by atoms with Crippen LogP contribution in [0.2, 0.25) is 0 Å². The number of halogens is 3. The van der Waals surface area contributed by atoms with Gasteiger partial charge >= 0.3 is 12.1 Å². The Hall–Kier alpha value is -2.31. The van der Waals surface area contributed by atoms with E-state index in [-0.39, 0.29) is 30.2 Å². The number of alkyl halides is 3. The van der Waals surface area contributed by atoms with Gasteiger partial charge in [0.15, 0.2) is 6.61 Å². The summed E-state index contributed by atoms with van der Waals surface area (Å²) < 4.78 is 42.9. The zero-order valence-corrected chi connectivity index (χ0v) is 14.8. The lowest BCUT2D eigenvalue weighted by Crippen LogP contribution is -2.49. The van der Waals surface area contributed by atoms with Crippen molar-refractivity contribution in [1.29, 1.82) is 0 Å². The van der Waals surface area contributed by atoms with Gasteiger partial charge in [0, 0.05) is 18.2 Å². The van der Waals surface area contributed by atoms with Gasteiger partial charge in [-0.3, -0.25) is 4.79 Å². The lowest BCUT2D eigenvalue weighted by Gasteiger charge is -2.38. The van der Waals surface area contributed by atoms with E-state index in [0.29, 0.717) is 0 Å². The van der Waals surface area contributed by atoms with Gasteiger partial charge in [-0.25, -0.2) is 4.79 Å². The van der Waals surface area contributed by atoms with Crippen molar-refractivity contribution < 1.29 is 27.5 Å². The van der Waals surface area contributed by atoms with Gasteiger partial charge in [-0.1, -0.05) is 12.1 Å². The largest absolute Gasteiger partial charge is 0.452 e. The third-order valence-corrected chi connectivity index (χ3v) is 4.45. The van der Waals surface area contributed by atoms with Crippen LogP contribution < -0.4 is 0 Å². The highest BCUT2D eigenvalue weighted by Gasteiger charge is 2.30. The van der Waals surface area contributed by atoms with Crippen LogP contribution in [0, 0.1) is 0 Å². The molecular formula is C19H22F3NO3. The second kappa shape index (κ2) is 8.38. The van der Waals surface area contributed by atoms with E-state index in [1.54, 1.807) is 4.90 Å². The van der Waals surface area contributed by atoms with Crippen LogP contribution in [0.15, 0.2) is 30.3 Å². The number of amides is 1. The molecule has 0 aliphatic carbocycles. The number of carbonyl (C=O) groups is 2. The number of piperidine rings is 1. The van der Waals surface area contributed by atoms with E-state index >= 15 is 0 Å². The topological polar surface area (TPSA) is 46.6 Å². The molecule has 1 saturated heterocycles. The Labute approximate surface area is 150 Å². The fourth-order valence-corrected chi connectivity index (χ4v) is 3.15. The van der Waals surface area contributed by atoms with Crippen LogP contribution >= 0.6 is 0 Å². The maximum atomic E-state index is 12.7. The second-order valence-corrected chi connectivity index (χ2v) is 6.49. The summed E-state index contributed by atoms with van der Waals surface area (Å²) in [6, 6.07) is 4.80.